The summed E-state index contributed by atoms with van der Waals surface area (Å²) < 4.78 is 12.9. The van der Waals surface area contributed by atoms with Crippen molar-refractivity contribution in [3.63, 3.8) is 0 Å². The average Bonchev–Trinajstić information content (AvgIpc) is 2.98. The largest absolute Gasteiger partial charge is 0.305 e. The molecule has 0 spiro atoms. The van der Waals surface area contributed by atoms with Crippen molar-refractivity contribution in [1.29, 1.82) is 0 Å². The van der Waals surface area contributed by atoms with Crippen LogP contribution in [-0.4, -0.2) is 26.3 Å². The second-order valence-corrected chi connectivity index (χ2v) is 4.20. The number of nitrogens with one attached hydrogen (secondary N) is 2. The molecule has 0 aliphatic heterocycles. The number of halogens is 1. The van der Waals surface area contributed by atoms with E-state index >= 15 is 0 Å². The maximum absolute atomic E-state index is 12.9. The topological polar surface area (TPSA) is 83.6 Å². The predicted octanol–water partition coefficient (Wildman–Crippen LogP) is 2.26. The van der Waals surface area contributed by atoms with Gasteiger partial charge in [0, 0.05) is 11.8 Å². The highest BCUT2D eigenvalue weighted by Crippen LogP contribution is 2.20. The van der Waals surface area contributed by atoms with Crippen molar-refractivity contribution >= 4 is 11.7 Å². The summed E-state index contributed by atoms with van der Waals surface area (Å²) in [5, 5.41) is 12.8. The third-order valence-electron chi connectivity index (χ3n) is 2.79. The van der Waals surface area contributed by atoms with Crippen molar-refractivity contribution in [1.82, 2.24) is 20.4 Å². The zero-order valence-electron chi connectivity index (χ0n) is 10.7. The zero-order valence-corrected chi connectivity index (χ0v) is 10.7. The highest BCUT2D eigenvalue weighted by Gasteiger charge is 2.18. The summed E-state index contributed by atoms with van der Waals surface area (Å²) in [6, 6.07) is 10.8. The second-order valence-electron chi connectivity index (χ2n) is 4.20. The van der Waals surface area contributed by atoms with E-state index < -0.39 is 5.91 Å². The predicted molar refractivity (Wildman–Crippen MR) is 74.0 cm³/mol. The Kier molecular flexibility index (Phi) is 3.38. The molecule has 21 heavy (non-hydrogen) atoms. The van der Waals surface area contributed by atoms with E-state index in [0.717, 1.165) is 0 Å². The summed E-state index contributed by atoms with van der Waals surface area (Å²) >= 11 is 0. The lowest BCUT2D eigenvalue weighted by atomic mass is 10.1. The number of aromatic nitrogens is 4. The Balaban J connectivity index is 1.88. The number of aromatic amines is 1. The number of rotatable bonds is 3. The van der Waals surface area contributed by atoms with Crippen molar-refractivity contribution < 1.29 is 9.18 Å². The van der Waals surface area contributed by atoms with Crippen LogP contribution >= 0.6 is 0 Å². The molecular formula is C14H10FN5O. The van der Waals surface area contributed by atoms with Crippen LogP contribution in [0.5, 0.6) is 0 Å². The zero-order chi connectivity index (χ0) is 14.7. The Labute approximate surface area is 119 Å². The minimum atomic E-state index is -0.443. The molecule has 0 bridgehead atoms. The van der Waals surface area contributed by atoms with Crippen LogP contribution in [-0.2, 0) is 0 Å². The number of amides is 1. The van der Waals surface area contributed by atoms with E-state index in [1.165, 1.54) is 24.3 Å². The van der Waals surface area contributed by atoms with E-state index in [0.29, 0.717) is 17.1 Å². The molecule has 0 unspecified atom stereocenters. The molecule has 0 aliphatic carbocycles. The standard InChI is InChI=1S/C14H10FN5O/c15-10-6-4-9(5-7-10)12-13(19-20-18-12)14(21)17-11-3-1-2-8-16-11/h1-8H,(H,16,17,21)(H,18,19,20). The van der Waals surface area contributed by atoms with Crippen LogP contribution in [0.1, 0.15) is 10.5 Å². The van der Waals surface area contributed by atoms with Gasteiger partial charge in [-0.25, -0.2) is 9.37 Å². The molecule has 2 N–H and O–H groups in total. The van der Waals surface area contributed by atoms with Gasteiger partial charge in [-0.3, -0.25) is 4.79 Å². The highest BCUT2D eigenvalue weighted by atomic mass is 19.1. The van der Waals surface area contributed by atoms with Gasteiger partial charge in [-0.2, -0.15) is 15.4 Å². The van der Waals surface area contributed by atoms with Crippen molar-refractivity contribution in [3.8, 4) is 11.3 Å². The van der Waals surface area contributed by atoms with Gasteiger partial charge in [0.25, 0.3) is 5.91 Å². The van der Waals surface area contributed by atoms with E-state index in [2.05, 4.69) is 25.7 Å². The van der Waals surface area contributed by atoms with Crippen LogP contribution in [0, 0.1) is 5.82 Å². The fraction of sp³-hybridized carbons (Fsp3) is 0. The molecule has 7 heteroatoms. The molecule has 0 fully saturated rings. The number of H-pyrrole nitrogens is 1. The van der Waals surface area contributed by atoms with Crippen LogP contribution in [0.4, 0.5) is 10.2 Å². The van der Waals surface area contributed by atoms with Crippen molar-refractivity contribution in [2.24, 2.45) is 0 Å². The molecule has 104 valence electrons. The minimum Gasteiger partial charge on any atom is -0.305 e. The third-order valence-corrected chi connectivity index (χ3v) is 2.79. The molecule has 6 nitrogen and oxygen atoms in total. The molecule has 3 rings (SSSR count). The molecule has 0 atom stereocenters. The van der Waals surface area contributed by atoms with Gasteiger partial charge in [0.15, 0.2) is 5.69 Å². The minimum absolute atomic E-state index is 0.118. The van der Waals surface area contributed by atoms with Gasteiger partial charge in [0.1, 0.15) is 17.3 Å². The number of nitrogens with zero attached hydrogens (tertiary/aromatic N) is 3. The van der Waals surface area contributed by atoms with E-state index in [4.69, 9.17) is 0 Å². The molecular weight excluding hydrogens is 273 g/mol. The molecule has 1 amide bonds. The summed E-state index contributed by atoms with van der Waals surface area (Å²) in [6.07, 6.45) is 1.57. The smallest absolute Gasteiger partial charge is 0.279 e. The lowest BCUT2D eigenvalue weighted by Crippen LogP contribution is -2.14. The maximum atomic E-state index is 12.9. The van der Waals surface area contributed by atoms with Gasteiger partial charge in [0.05, 0.1) is 0 Å². The summed E-state index contributed by atoms with van der Waals surface area (Å²) in [6.45, 7) is 0. The van der Waals surface area contributed by atoms with Crippen molar-refractivity contribution in [2.45, 2.75) is 0 Å². The Morgan fingerprint density at radius 2 is 1.90 bits per heavy atom. The monoisotopic (exact) mass is 283 g/mol. The number of hydrogen-bond acceptors (Lipinski definition) is 4. The Hall–Kier alpha value is -3.09. The Morgan fingerprint density at radius 1 is 1.10 bits per heavy atom. The molecule has 3 aromatic rings. The summed E-state index contributed by atoms with van der Waals surface area (Å²) in [5.74, 6) is -0.390. The normalized spacial score (nSPS) is 10.3. The summed E-state index contributed by atoms with van der Waals surface area (Å²) in [5.41, 5.74) is 1.06. The number of anilines is 1. The van der Waals surface area contributed by atoms with E-state index in [1.807, 2.05) is 0 Å². The third kappa shape index (κ3) is 2.76. The number of pyridine rings is 1. The lowest BCUT2D eigenvalue weighted by molar-refractivity contribution is 0.102. The Morgan fingerprint density at radius 3 is 2.62 bits per heavy atom. The number of carbonyl (C=O) groups is 1. The molecule has 2 aromatic heterocycles. The molecule has 0 saturated carbocycles. The van der Waals surface area contributed by atoms with Crippen LogP contribution in [0.2, 0.25) is 0 Å². The maximum Gasteiger partial charge on any atom is 0.279 e. The first-order chi connectivity index (χ1) is 10.2. The molecule has 2 heterocycles. The van der Waals surface area contributed by atoms with E-state index in [1.54, 1.807) is 24.4 Å². The second kappa shape index (κ2) is 5.49. The average molecular weight is 283 g/mol. The van der Waals surface area contributed by atoms with Gasteiger partial charge >= 0.3 is 0 Å². The quantitative estimate of drug-likeness (QED) is 0.772. The molecule has 0 radical (unpaired) electrons. The summed E-state index contributed by atoms with van der Waals surface area (Å²) in [7, 11) is 0. The van der Waals surface area contributed by atoms with Crippen LogP contribution in [0.25, 0.3) is 11.3 Å². The van der Waals surface area contributed by atoms with Gasteiger partial charge < -0.3 is 5.32 Å². The Bertz CT molecular complexity index is 755. The molecule has 1 aromatic carbocycles. The number of benzene rings is 1. The SMILES string of the molecule is O=C(Nc1ccccn1)c1n[nH]nc1-c1ccc(F)cc1. The number of carbonyl (C=O) groups excluding carboxylic acids is 1. The van der Waals surface area contributed by atoms with Gasteiger partial charge in [-0.05, 0) is 36.4 Å². The first-order valence-corrected chi connectivity index (χ1v) is 6.13. The number of hydrogen-bond donors (Lipinski definition) is 2. The van der Waals surface area contributed by atoms with Crippen molar-refractivity contribution in [2.75, 3.05) is 5.32 Å². The van der Waals surface area contributed by atoms with Crippen molar-refractivity contribution in [3.05, 3.63) is 60.2 Å². The first kappa shape index (κ1) is 12.9. The van der Waals surface area contributed by atoms with Crippen LogP contribution in [0.15, 0.2) is 48.7 Å². The van der Waals surface area contributed by atoms with E-state index in [-0.39, 0.29) is 11.5 Å². The highest BCUT2D eigenvalue weighted by molar-refractivity contribution is 6.06. The molecule has 0 aliphatic rings. The fourth-order valence-electron chi connectivity index (χ4n) is 1.81. The summed E-state index contributed by atoms with van der Waals surface area (Å²) in [4.78, 5) is 16.2. The van der Waals surface area contributed by atoms with Gasteiger partial charge in [-0.1, -0.05) is 6.07 Å². The van der Waals surface area contributed by atoms with E-state index in [9.17, 15) is 9.18 Å². The van der Waals surface area contributed by atoms with Gasteiger partial charge in [0.2, 0.25) is 0 Å². The first-order valence-electron chi connectivity index (χ1n) is 6.13. The fourth-order valence-corrected chi connectivity index (χ4v) is 1.81. The van der Waals surface area contributed by atoms with Crippen LogP contribution in [0.3, 0.4) is 0 Å². The lowest BCUT2D eigenvalue weighted by Gasteiger charge is -2.03. The van der Waals surface area contributed by atoms with Gasteiger partial charge in [-0.15, -0.1) is 0 Å². The van der Waals surface area contributed by atoms with Crippen LogP contribution < -0.4 is 5.32 Å². The molecule has 0 saturated heterocycles.